The highest BCUT2D eigenvalue weighted by Crippen LogP contribution is 2.08. The molecule has 0 heterocycles. The first-order chi connectivity index (χ1) is 12.7. The van der Waals surface area contributed by atoms with E-state index < -0.39 is 11.7 Å². The van der Waals surface area contributed by atoms with E-state index >= 15 is 0 Å². The Morgan fingerprint density at radius 3 is 2.30 bits per heavy atom. The molecule has 0 saturated carbocycles. The molecule has 0 aromatic carbocycles. The van der Waals surface area contributed by atoms with Crippen molar-refractivity contribution in [3.63, 3.8) is 0 Å². The Kier molecular flexibility index (Phi) is 13.6. The van der Waals surface area contributed by atoms with Crippen LogP contribution in [0.3, 0.4) is 0 Å². The van der Waals surface area contributed by atoms with Crippen LogP contribution < -0.4 is 10.6 Å². The van der Waals surface area contributed by atoms with Crippen LogP contribution in [0.15, 0.2) is 4.99 Å². The molecule has 0 saturated heterocycles. The van der Waals surface area contributed by atoms with Crippen molar-refractivity contribution in [3.05, 3.63) is 0 Å². The summed E-state index contributed by atoms with van der Waals surface area (Å²) in [5.74, 6) is 0.639. The summed E-state index contributed by atoms with van der Waals surface area (Å²) in [6.07, 6.45) is 8.45. The SMILES string of the molecule is CCCCCCCCNC(=O)[C@@H](C)CCCN=C(C)NC(=O)OC(C)(C)C. The van der Waals surface area contributed by atoms with Crippen LogP contribution in [0.25, 0.3) is 0 Å². The summed E-state index contributed by atoms with van der Waals surface area (Å²) in [4.78, 5) is 28.0. The van der Waals surface area contributed by atoms with E-state index in [1.807, 2.05) is 27.7 Å². The lowest BCUT2D eigenvalue weighted by molar-refractivity contribution is -0.124. The number of carbonyl (C=O) groups is 2. The van der Waals surface area contributed by atoms with Gasteiger partial charge in [0, 0.05) is 19.0 Å². The molecule has 0 fully saturated rings. The molecule has 0 aliphatic carbocycles. The first-order valence-corrected chi connectivity index (χ1v) is 10.4. The number of carbonyl (C=O) groups excluding carboxylic acids is 2. The Balaban J connectivity index is 3.83. The zero-order valence-corrected chi connectivity index (χ0v) is 18.3. The standard InChI is InChI=1S/C21H41N3O3/c1-7-8-9-10-11-12-15-23-19(25)17(2)14-13-16-22-18(3)24-20(26)27-21(4,5)6/h17H,7-16H2,1-6H3,(H,23,25)(H,22,24,26)/t17-/m0/s1. The van der Waals surface area contributed by atoms with Gasteiger partial charge in [0.1, 0.15) is 11.4 Å². The topological polar surface area (TPSA) is 79.8 Å². The molecule has 0 aromatic heterocycles. The van der Waals surface area contributed by atoms with Crippen LogP contribution in [0.4, 0.5) is 4.79 Å². The van der Waals surface area contributed by atoms with Gasteiger partial charge in [-0.2, -0.15) is 0 Å². The quantitative estimate of drug-likeness (QED) is 0.288. The molecule has 0 radical (unpaired) electrons. The summed E-state index contributed by atoms with van der Waals surface area (Å²) < 4.78 is 5.17. The first-order valence-electron chi connectivity index (χ1n) is 10.4. The first kappa shape index (κ1) is 25.4. The summed E-state index contributed by atoms with van der Waals surface area (Å²) in [5, 5.41) is 5.63. The predicted octanol–water partition coefficient (Wildman–Crippen LogP) is 4.82. The largest absolute Gasteiger partial charge is 0.444 e. The summed E-state index contributed by atoms with van der Waals surface area (Å²) in [7, 11) is 0. The Hall–Kier alpha value is -1.59. The van der Waals surface area contributed by atoms with Gasteiger partial charge in [-0.25, -0.2) is 4.79 Å². The Morgan fingerprint density at radius 2 is 1.67 bits per heavy atom. The molecule has 0 unspecified atom stereocenters. The number of hydrogen-bond acceptors (Lipinski definition) is 4. The van der Waals surface area contributed by atoms with Gasteiger partial charge in [0.25, 0.3) is 0 Å². The average molecular weight is 384 g/mol. The molecule has 0 aliphatic rings. The number of amides is 2. The predicted molar refractivity (Wildman–Crippen MR) is 112 cm³/mol. The minimum atomic E-state index is -0.525. The van der Waals surface area contributed by atoms with E-state index in [9.17, 15) is 9.59 Å². The number of unbranched alkanes of at least 4 members (excludes halogenated alkanes) is 5. The lowest BCUT2D eigenvalue weighted by Crippen LogP contribution is -2.35. The maximum atomic E-state index is 12.1. The molecule has 0 aromatic rings. The van der Waals surface area contributed by atoms with Gasteiger partial charge < -0.3 is 10.1 Å². The summed E-state index contributed by atoms with van der Waals surface area (Å²) in [5.41, 5.74) is -0.525. The van der Waals surface area contributed by atoms with Gasteiger partial charge in [-0.3, -0.25) is 15.1 Å². The third kappa shape index (κ3) is 16.3. The molecule has 2 amide bonds. The number of alkyl carbamates (subject to hydrolysis) is 1. The van der Waals surface area contributed by atoms with Gasteiger partial charge in [-0.1, -0.05) is 46.0 Å². The van der Waals surface area contributed by atoms with Crippen molar-refractivity contribution >= 4 is 17.8 Å². The van der Waals surface area contributed by atoms with E-state index in [0.717, 1.165) is 25.8 Å². The van der Waals surface area contributed by atoms with E-state index in [2.05, 4.69) is 22.5 Å². The monoisotopic (exact) mass is 383 g/mol. The fraction of sp³-hybridized carbons (Fsp3) is 0.857. The lowest BCUT2D eigenvalue weighted by atomic mass is 10.0. The van der Waals surface area contributed by atoms with E-state index in [0.29, 0.717) is 12.4 Å². The highest BCUT2D eigenvalue weighted by atomic mass is 16.6. The minimum Gasteiger partial charge on any atom is -0.444 e. The highest BCUT2D eigenvalue weighted by molar-refractivity contribution is 5.93. The lowest BCUT2D eigenvalue weighted by Gasteiger charge is -2.19. The van der Waals surface area contributed by atoms with Crippen molar-refractivity contribution in [1.29, 1.82) is 0 Å². The molecule has 2 N–H and O–H groups in total. The second-order valence-corrected chi connectivity index (χ2v) is 8.20. The number of hydrogen-bond donors (Lipinski definition) is 2. The zero-order valence-electron chi connectivity index (χ0n) is 18.3. The van der Waals surface area contributed by atoms with Crippen molar-refractivity contribution < 1.29 is 14.3 Å². The van der Waals surface area contributed by atoms with E-state index in [-0.39, 0.29) is 11.8 Å². The maximum absolute atomic E-state index is 12.1. The third-order valence-electron chi connectivity index (χ3n) is 4.10. The van der Waals surface area contributed by atoms with Crippen LogP contribution in [0.5, 0.6) is 0 Å². The van der Waals surface area contributed by atoms with E-state index in [1.165, 1.54) is 32.1 Å². The molecule has 0 rings (SSSR count). The van der Waals surface area contributed by atoms with Crippen molar-refractivity contribution in [1.82, 2.24) is 10.6 Å². The molecule has 1 atom stereocenters. The van der Waals surface area contributed by atoms with Crippen LogP contribution in [-0.4, -0.2) is 36.5 Å². The van der Waals surface area contributed by atoms with Gasteiger partial charge in [0.2, 0.25) is 5.91 Å². The average Bonchev–Trinajstić information content (AvgIpc) is 2.55. The van der Waals surface area contributed by atoms with Crippen molar-refractivity contribution in [2.45, 2.75) is 98.5 Å². The molecule has 0 spiro atoms. The second kappa shape index (κ2) is 14.5. The molecule has 158 valence electrons. The molecule has 6 heteroatoms. The van der Waals surface area contributed by atoms with Gasteiger partial charge in [-0.05, 0) is 47.0 Å². The fourth-order valence-corrected chi connectivity index (χ4v) is 2.56. The smallest absolute Gasteiger partial charge is 0.413 e. The molecular formula is C21H41N3O3. The number of nitrogens with one attached hydrogen (secondary N) is 2. The number of rotatable bonds is 12. The molecule has 0 bridgehead atoms. The van der Waals surface area contributed by atoms with Crippen LogP contribution in [0.1, 0.15) is 92.9 Å². The Labute approximate surface area is 165 Å². The Morgan fingerprint density at radius 1 is 1.04 bits per heavy atom. The number of nitrogens with zero attached hydrogens (tertiary/aromatic N) is 1. The number of amidine groups is 1. The van der Waals surface area contributed by atoms with Gasteiger partial charge in [0.05, 0.1) is 0 Å². The zero-order chi connectivity index (χ0) is 20.7. The fourth-order valence-electron chi connectivity index (χ4n) is 2.56. The molecule has 0 aliphatic heterocycles. The van der Waals surface area contributed by atoms with Crippen molar-refractivity contribution in [3.8, 4) is 0 Å². The van der Waals surface area contributed by atoms with Gasteiger partial charge in [0.15, 0.2) is 0 Å². The highest BCUT2D eigenvalue weighted by Gasteiger charge is 2.16. The summed E-state index contributed by atoms with van der Waals surface area (Å²) in [6.45, 7) is 12.7. The number of aliphatic imine (C=N–C) groups is 1. The van der Waals surface area contributed by atoms with Crippen LogP contribution >= 0.6 is 0 Å². The third-order valence-corrected chi connectivity index (χ3v) is 4.10. The maximum Gasteiger partial charge on any atom is 0.413 e. The van der Waals surface area contributed by atoms with E-state index in [4.69, 9.17) is 4.74 Å². The Bertz CT molecular complexity index is 456. The van der Waals surface area contributed by atoms with Crippen molar-refractivity contribution in [2.24, 2.45) is 10.9 Å². The second-order valence-electron chi connectivity index (χ2n) is 8.20. The molecular weight excluding hydrogens is 342 g/mol. The minimum absolute atomic E-state index is 0.0144. The van der Waals surface area contributed by atoms with Crippen LogP contribution in [0.2, 0.25) is 0 Å². The van der Waals surface area contributed by atoms with Crippen LogP contribution in [-0.2, 0) is 9.53 Å². The molecule has 6 nitrogen and oxygen atoms in total. The van der Waals surface area contributed by atoms with E-state index in [1.54, 1.807) is 6.92 Å². The van der Waals surface area contributed by atoms with Gasteiger partial charge in [-0.15, -0.1) is 0 Å². The normalized spacial score (nSPS) is 13.2. The van der Waals surface area contributed by atoms with Crippen molar-refractivity contribution in [2.75, 3.05) is 13.1 Å². The summed E-state index contributed by atoms with van der Waals surface area (Å²) in [6, 6.07) is 0. The van der Waals surface area contributed by atoms with Crippen LogP contribution in [0, 0.1) is 5.92 Å². The van der Waals surface area contributed by atoms with Gasteiger partial charge >= 0.3 is 6.09 Å². The number of ether oxygens (including phenoxy) is 1. The summed E-state index contributed by atoms with van der Waals surface area (Å²) >= 11 is 0. The molecule has 27 heavy (non-hydrogen) atoms.